The number of carbonyl (C=O) groups excluding carboxylic acids is 3. The van der Waals surface area contributed by atoms with Gasteiger partial charge >= 0.3 is 6.03 Å². The van der Waals surface area contributed by atoms with Gasteiger partial charge in [-0.3, -0.25) is 14.9 Å². The summed E-state index contributed by atoms with van der Waals surface area (Å²) in [6, 6.07) is 43.8. The topological polar surface area (TPSA) is 79.0 Å². The highest BCUT2D eigenvalue weighted by Crippen LogP contribution is 2.50. The second-order valence-corrected chi connectivity index (χ2v) is 14.4. The van der Waals surface area contributed by atoms with Gasteiger partial charge in [-0.25, -0.2) is 9.69 Å². The van der Waals surface area contributed by atoms with Gasteiger partial charge in [0.15, 0.2) is 0 Å². The Labute approximate surface area is 314 Å². The number of carbonyl (C=O) groups is 3. The minimum Gasteiger partial charge on any atom is -0.488 e. The largest absolute Gasteiger partial charge is 0.488 e. The maximum absolute atomic E-state index is 14.7. The van der Waals surface area contributed by atoms with Crippen molar-refractivity contribution in [2.45, 2.75) is 38.2 Å². The summed E-state index contributed by atoms with van der Waals surface area (Å²) in [7, 11) is 0. The summed E-state index contributed by atoms with van der Waals surface area (Å²) in [6.45, 7) is 4.19. The van der Waals surface area contributed by atoms with Gasteiger partial charge in [0.1, 0.15) is 17.9 Å². The van der Waals surface area contributed by atoms with E-state index in [-0.39, 0.29) is 17.4 Å². The Morgan fingerprint density at radius 1 is 0.722 bits per heavy atom. The molecule has 0 spiro atoms. The van der Waals surface area contributed by atoms with Crippen molar-refractivity contribution >= 4 is 46.1 Å². The molecule has 1 saturated heterocycles. The highest BCUT2D eigenvalue weighted by Gasteiger charge is 2.41. The molecule has 6 aromatic carbocycles. The third-order valence-corrected chi connectivity index (χ3v) is 11.1. The fourth-order valence-corrected chi connectivity index (χ4v) is 8.40. The number of aryl methyl sites for hydroxylation is 1. The van der Waals surface area contributed by atoms with Crippen LogP contribution in [0.15, 0.2) is 139 Å². The van der Waals surface area contributed by atoms with E-state index in [9.17, 15) is 14.4 Å². The van der Waals surface area contributed by atoms with Crippen LogP contribution in [0, 0.1) is 6.92 Å². The first-order chi connectivity index (χ1) is 26.4. The molecule has 1 N–H and O–H groups in total. The maximum Gasteiger partial charge on any atom is 0.335 e. The molecule has 0 aromatic heterocycles. The monoisotopic (exact) mass is 709 g/mol. The van der Waals surface area contributed by atoms with E-state index in [1.807, 2.05) is 91.9 Å². The number of imide groups is 2. The van der Waals surface area contributed by atoms with Gasteiger partial charge in [0, 0.05) is 36.2 Å². The minimum atomic E-state index is -0.765. The lowest BCUT2D eigenvalue weighted by atomic mass is 9.76. The van der Waals surface area contributed by atoms with E-state index in [1.54, 1.807) is 6.08 Å². The highest BCUT2D eigenvalue weighted by atomic mass is 16.5. The number of urea groups is 1. The number of fused-ring (bicyclic) bond motifs is 1. The number of nitrogens with one attached hydrogen (secondary N) is 1. The van der Waals surface area contributed by atoms with Gasteiger partial charge in [0.2, 0.25) is 0 Å². The number of amides is 4. The molecule has 9 rings (SSSR count). The first-order valence-electron chi connectivity index (χ1n) is 18.6. The van der Waals surface area contributed by atoms with Crippen molar-refractivity contribution in [2.24, 2.45) is 0 Å². The molecule has 1 fully saturated rings. The molecule has 2 atom stereocenters. The first-order valence-corrected chi connectivity index (χ1v) is 18.6. The van der Waals surface area contributed by atoms with Crippen LogP contribution < -0.4 is 19.9 Å². The van der Waals surface area contributed by atoms with Crippen LogP contribution in [0.2, 0.25) is 0 Å². The molecule has 0 aliphatic carbocycles. The standard InChI is InChI=1S/C47H39N3O4/c1-30-16-18-31(19-17-30)29-54-43-21-20-34-14-8-9-15-36(34)39(43)28-42-45(51)48-47(53)50(46(42)52)35-26-40-37(32-10-4-2-5-11-32)22-24-49-25-23-38(41(27-35)44(40)49)33-12-6-3-7-13-33/h2-21,26-28,37-38H,22-25,29H2,1H3,(H,48,51,53)/b42-28+/t37-,38-/m1/s1. The molecule has 4 amide bonds. The molecular weight excluding hydrogens is 671 g/mol. The number of benzene rings is 6. The summed E-state index contributed by atoms with van der Waals surface area (Å²) < 4.78 is 6.36. The Kier molecular flexibility index (Phi) is 8.54. The zero-order valence-electron chi connectivity index (χ0n) is 30.0. The van der Waals surface area contributed by atoms with Crippen LogP contribution in [0.5, 0.6) is 5.75 Å². The third kappa shape index (κ3) is 6.01. The fourth-order valence-electron chi connectivity index (χ4n) is 8.40. The maximum atomic E-state index is 14.7. The van der Waals surface area contributed by atoms with Gasteiger partial charge in [-0.2, -0.15) is 0 Å². The predicted molar refractivity (Wildman–Crippen MR) is 213 cm³/mol. The SMILES string of the molecule is Cc1ccc(COc2ccc3ccccc3c2/C=C2\C(=O)NC(=O)N(c3cc4c5c(c3)[C@@H](c3ccccc3)CCN5CC[C@@H]4c3ccccc3)C2=O)cc1. The van der Waals surface area contributed by atoms with Crippen LogP contribution in [0.1, 0.15) is 63.6 Å². The van der Waals surface area contributed by atoms with Crippen LogP contribution in [-0.4, -0.2) is 30.9 Å². The predicted octanol–water partition coefficient (Wildman–Crippen LogP) is 9.27. The molecule has 0 bridgehead atoms. The Balaban J connectivity index is 1.17. The van der Waals surface area contributed by atoms with Crippen LogP contribution in [0.25, 0.3) is 16.8 Å². The van der Waals surface area contributed by atoms with Crippen LogP contribution in [-0.2, 0) is 16.2 Å². The number of hydrogen-bond acceptors (Lipinski definition) is 5. The fraction of sp³-hybridized carbons (Fsp3) is 0.170. The Hall–Kier alpha value is -6.47. The second kappa shape index (κ2) is 13.8. The normalized spacial score (nSPS) is 18.8. The summed E-state index contributed by atoms with van der Waals surface area (Å²) in [5, 5.41) is 4.25. The molecule has 266 valence electrons. The van der Waals surface area contributed by atoms with E-state index < -0.39 is 17.8 Å². The van der Waals surface area contributed by atoms with Gasteiger partial charge in [-0.15, -0.1) is 0 Å². The molecule has 7 heteroatoms. The molecule has 7 nitrogen and oxygen atoms in total. The molecule has 54 heavy (non-hydrogen) atoms. The molecule has 0 saturated carbocycles. The Bertz CT molecular complexity index is 2380. The van der Waals surface area contributed by atoms with Crippen molar-refractivity contribution in [2.75, 3.05) is 22.9 Å². The van der Waals surface area contributed by atoms with Gasteiger partial charge < -0.3 is 9.64 Å². The van der Waals surface area contributed by atoms with E-state index >= 15 is 0 Å². The number of nitrogens with zero attached hydrogens (tertiary/aromatic N) is 2. The summed E-state index contributed by atoms with van der Waals surface area (Å²) in [4.78, 5) is 45.8. The lowest BCUT2D eigenvalue weighted by molar-refractivity contribution is -0.122. The summed E-state index contributed by atoms with van der Waals surface area (Å²) in [5.74, 6) is -0.735. The Morgan fingerprint density at radius 3 is 1.98 bits per heavy atom. The second-order valence-electron chi connectivity index (χ2n) is 14.4. The van der Waals surface area contributed by atoms with Crippen molar-refractivity contribution in [3.05, 3.63) is 178 Å². The molecular formula is C47H39N3O4. The van der Waals surface area contributed by atoms with Crippen LogP contribution in [0.4, 0.5) is 16.2 Å². The van der Waals surface area contributed by atoms with Crippen molar-refractivity contribution in [3.8, 4) is 5.75 Å². The van der Waals surface area contributed by atoms with Crippen molar-refractivity contribution in [1.82, 2.24) is 5.32 Å². The number of barbiturate groups is 1. The smallest absolute Gasteiger partial charge is 0.335 e. The number of ether oxygens (including phenoxy) is 1. The number of hydrogen-bond donors (Lipinski definition) is 1. The Morgan fingerprint density at radius 2 is 1.33 bits per heavy atom. The summed E-state index contributed by atoms with van der Waals surface area (Å²) in [5.41, 5.74) is 8.79. The molecule has 3 heterocycles. The van der Waals surface area contributed by atoms with E-state index in [4.69, 9.17) is 4.74 Å². The van der Waals surface area contributed by atoms with E-state index in [2.05, 4.69) is 58.7 Å². The molecule has 0 radical (unpaired) electrons. The lowest BCUT2D eigenvalue weighted by Gasteiger charge is -2.44. The molecule has 3 aliphatic heterocycles. The van der Waals surface area contributed by atoms with Crippen LogP contribution in [0.3, 0.4) is 0 Å². The average molecular weight is 710 g/mol. The number of anilines is 2. The zero-order chi connectivity index (χ0) is 36.8. The van der Waals surface area contributed by atoms with Gasteiger partial charge in [-0.05, 0) is 82.6 Å². The molecule has 3 aliphatic rings. The van der Waals surface area contributed by atoms with Crippen molar-refractivity contribution in [3.63, 3.8) is 0 Å². The van der Waals surface area contributed by atoms with E-state index in [0.717, 1.165) is 63.9 Å². The summed E-state index contributed by atoms with van der Waals surface area (Å²) in [6.07, 6.45) is 3.39. The lowest BCUT2D eigenvalue weighted by Crippen LogP contribution is -2.54. The van der Waals surface area contributed by atoms with Gasteiger partial charge in [0.05, 0.1) is 5.69 Å². The summed E-state index contributed by atoms with van der Waals surface area (Å²) >= 11 is 0. The molecule has 6 aromatic rings. The number of rotatable bonds is 7. The van der Waals surface area contributed by atoms with E-state index in [1.165, 1.54) is 16.8 Å². The quantitative estimate of drug-likeness (QED) is 0.132. The van der Waals surface area contributed by atoms with Gasteiger partial charge in [-0.1, -0.05) is 121 Å². The average Bonchev–Trinajstić information content (AvgIpc) is 3.20. The highest BCUT2D eigenvalue weighted by molar-refractivity contribution is 6.39. The van der Waals surface area contributed by atoms with E-state index in [0.29, 0.717) is 23.6 Å². The first kappa shape index (κ1) is 33.4. The zero-order valence-corrected chi connectivity index (χ0v) is 30.0. The minimum absolute atomic E-state index is 0.0780. The van der Waals surface area contributed by atoms with Crippen LogP contribution >= 0.6 is 0 Å². The molecule has 0 unspecified atom stereocenters. The van der Waals surface area contributed by atoms with Crippen molar-refractivity contribution < 1.29 is 19.1 Å². The van der Waals surface area contributed by atoms with Gasteiger partial charge in [0.25, 0.3) is 11.8 Å². The van der Waals surface area contributed by atoms with Crippen molar-refractivity contribution in [1.29, 1.82) is 0 Å². The third-order valence-electron chi connectivity index (χ3n) is 11.1.